The largest absolute Gasteiger partial charge is 0.368 e. The summed E-state index contributed by atoms with van der Waals surface area (Å²) in [4.78, 5) is 12.1. The number of amides is 1. The Morgan fingerprint density at radius 3 is 2.57 bits per heavy atom. The fraction of sp³-hybridized carbons (Fsp3) is 0.643. The topological polar surface area (TPSA) is 85.8 Å². The molecular formula is C14H23N5OS. The minimum Gasteiger partial charge on any atom is -0.368 e. The van der Waals surface area contributed by atoms with Gasteiger partial charge in [-0.3, -0.25) is 9.36 Å². The Labute approximate surface area is 130 Å². The molecule has 0 aliphatic rings. The molecule has 7 heteroatoms. The number of nitrogens with zero attached hydrogens (tertiary/aromatic N) is 3. The van der Waals surface area contributed by atoms with Crippen molar-refractivity contribution in [1.29, 1.82) is 0 Å². The van der Waals surface area contributed by atoms with Crippen LogP contribution in [0.3, 0.4) is 0 Å². The zero-order chi connectivity index (χ0) is 16.0. The van der Waals surface area contributed by atoms with Gasteiger partial charge in [0.1, 0.15) is 5.54 Å². The molecule has 0 saturated heterocycles. The quantitative estimate of drug-likeness (QED) is 0.593. The standard InChI is InChI=1S/C14H23N5OS/c1-6-14(7-2,8-3)16-11(20)9-21-13-18-17-12(15)19(13)10(4)5/h1,10H,7-9H2,2-5H3,(H2,15,17)(H,16,20). The Morgan fingerprint density at radius 2 is 2.10 bits per heavy atom. The molecule has 21 heavy (non-hydrogen) atoms. The number of anilines is 1. The van der Waals surface area contributed by atoms with Crippen molar-refractivity contribution in [2.45, 2.75) is 57.3 Å². The molecule has 1 aromatic heterocycles. The molecule has 1 heterocycles. The zero-order valence-electron chi connectivity index (χ0n) is 13.0. The van der Waals surface area contributed by atoms with Crippen LogP contribution in [0.2, 0.25) is 0 Å². The van der Waals surface area contributed by atoms with Crippen LogP contribution in [0.4, 0.5) is 5.95 Å². The maximum Gasteiger partial charge on any atom is 0.231 e. The van der Waals surface area contributed by atoms with Crippen LogP contribution in [0.1, 0.15) is 46.6 Å². The summed E-state index contributed by atoms with van der Waals surface area (Å²) in [5.41, 5.74) is 5.20. The van der Waals surface area contributed by atoms with Gasteiger partial charge in [-0.2, -0.15) is 0 Å². The second-order valence-corrected chi connectivity index (χ2v) is 6.02. The molecule has 1 rings (SSSR count). The second-order valence-electron chi connectivity index (χ2n) is 5.07. The van der Waals surface area contributed by atoms with Crippen LogP contribution in [0, 0.1) is 12.3 Å². The van der Waals surface area contributed by atoms with Crippen LogP contribution in [-0.4, -0.2) is 32.0 Å². The van der Waals surface area contributed by atoms with Gasteiger partial charge in [0.15, 0.2) is 5.16 Å². The first-order chi connectivity index (χ1) is 9.89. The van der Waals surface area contributed by atoms with Crippen molar-refractivity contribution in [3.63, 3.8) is 0 Å². The number of carbonyl (C=O) groups is 1. The summed E-state index contributed by atoms with van der Waals surface area (Å²) in [7, 11) is 0. The number of carbonyl (C=O) groups excluding carboxylic acids is 1. The predicted octanol–water partition coefficient (Wildman–Crippen LogP) is 1.84. The summed E-state index contributed by atoms with van der Waals surface area (Å²) in [5, 5.41) is 11.4. The first kappa shape index (κ1) is 17.4. The molecule has 0 bridgehead atoms. The molecule has 0 fully saturated rings. The van der Waals surface area contributed by atoms with Gasteiger partial charge in [0.25, 0.3) is 0 Å². The van der Waals surface area contributed by atoms with E-state index in [4.69, 9.17) is 12.2 Å². The molecule has 0 saturated carbocycles. The van der Waals surface area contributed by atoms with Gasteiger partial charge in [0, 0.05) is 6.04 Å². The average Bonchev–Trinajstić information content (AvgIpc) is 2.84. The Morgan fingerprint density at radius 1 is 1.48 bits per heavy atom. The molecular weight excluding hydrogens is 286 g/mol. The SMILES string of the molecule is C#CC(CC)(CC)NC(=O)CSc1nnc(N)n1C(C)C. The predicted molar refractivity (Wildman–Crippen MR) is 85.8 cm³/mol. The summed E-state index contributed by atoms with van der Waals surface area (Å²) in [6, 6.07) is 0.140. The number of terminal acetylenes is 1. The molecule has 0 aromatic carbocycles. The maximum atomic E-state index is 12.1. The van der Waals surface area contributed by atoms with E-state index in [1.165, 1.54) is 11.8 Å². The molecule has 0 atom stereocenters. The molecule has 0 spiro atoms. The van der Waals surface area contributed by atoms with E-state index in [2.05, 4.69) is 21.4 Å². The van der Waals surface area contributed by atoms with Crippen molar-refractivity contribution in [3.05, 3.63) is 0 Å². The van der Waals surface area contributed by atoms with Gasteiger partial charge in [-0.25, -0.2) is 0 Å². The van der Waals surface area contributed by atoms with Crippen molar-refractivity contribution in [3.8, 4) is 12.3 Å². The van der Waals surface area contributed by atoms with Crippen molar-refractivity contribution in [2.75, 3.05) is 11.5 Å². The molecule has 3 N–H and O–H groups in total. The van der Waals surface area contributed by atoms with Gasteiger partial charge < -0.3 is 11.1 Å². The highest BCUT2D eigenvalue weighted by Crippen LogP contribution is 2.22. The van der Waals surface area contributed by atoms with Gasteiger partial charge in [0.05, 0.1) is 5.75 Å². The Bertz CT molecular complexity index is 528. The lowest BCUT2D eigenvalue weighted by Crippen LogP contribution is -2.47. The molecule has 0 aliphatic carbocycles. The van der Waals surface area contributed by atoms with Crippen LogP contribution in [0.25, 0.3) is 0 Å². The maximum absolute atomic E-state index is 12.1. The smallest absolute Gasteiger partial charge is 0.231 e. The number of thioether (sulfide) groups is 1. The minimum absolute atomic E-state index is 0.112. The lowest BCUT2D eigenvalue weighted by molar-refractivity contribution is -0.119. The van der Waals surface area contributed by atoms with Gasteiger partial charge in [-0.05, 0) is 26.7 Å². The third-order valence-corrected chi connectivity index (χ3v) is 4.34. The van der Waals surface area contributed by atoms with Gasteiger partial charge in [-0.1, -0.05) is 31.5 Å². The third kappa shape index (κ3) is 4.14. The molecule has 0 aliphatic heterocycles. The van der Waals surface area contributed by atoms with E-state index in [9.17, 15) is 4.79 Å². The summed E-state index contributed by atoms with van der Waals surface area (Å²) in [6.07, 6.45) is 6.94. The van der Waals surface area contributed by atoms with Crippen LogP contribution in [0.5, 0.6) is 0 Å². The zero-order valence-corrected chi connectivity index (χ0v) is 13.8. The minimum atomic E-state index is -0.567. The van der Waals surface area contributed by atoms with E-state index in [-0.39, 0.29) is 17.7 Å². The van der Waals surface area contributed by atoms with Crippen LogP contribution >= 0.6 is 11.8 Å². The van der Waals surface area contributed by atoms with Gasteiger partial charge in [-0.15, -0.1) is 16.6 Å². The van der Waals surface area contributed by atoms with Crippen molar-refractivity contribution in [1.82, 2.24) is 20.1 Å². The first-order valence-corrected chi connectivity index (χ1v) is 7.99. The number of rotatable bonds is 7. The van der Waals surface area contributed by atoms with Crippen LogP contribution in [0.15, 0.2) is 5.16 Å². The normalized spacial score (nSPS) is 11.4. The fourth-order valence-corrected chi connectivity index (χ4v) is 2.85. The Kier molecular flexibility index (Phi) is 6.09. The highest BCUT2D eigenvalue weighted by Gasteiger charge is 2.25. The number of nitrogens with one attached hydrogen (secondary N) is 1. The van der Waals surface area contributed by atoms with Gasteiger partial charge in [0.2, 0.25) is 11.9 Å². The Hall–Kier alpha value is -1.68. The molecule has 6 nitrogen and oxygen atoms in total. The van der Waals surface area contributed by atoms with E-state index in [1.807, 2.05) is 27.7 Å². The highest BCUT2D eigenvalue weighted by atomic mass is 32.2. The summed E-state index contributed by atoms with van der Waals surface area (Å²) < 4.78 is 1.80. The summed E-state index contributed by atoms with van der Waals surface area (Å²) in [6.45, 7) is 7.91. The number of nitrogen functional groups attached to an aromatic ring is 1. The van der Waals surface area contributed by atoms with Crippen molar-refractivity contribution in [2.24, 2.45) is 0 Å². The molecule has 116 valence electrons. The lowest BCUT2D eigenvalue weighted by Gasteiger charge is -2.26. The van der Waals surface area contributed by atoms with E-state index < -0.39 is 5.54 Å². The summed E-state index contributed by atoms with van der Waals surface area (Å²) in [5.74, 6) is 3.16. The Balaban J connectivity index is 2.68. The van der Waals surface area contributed by atoms with Crippen molar-refractivity contribution >= 4 is 23.6 Å². The average molecular weight is 309 g/mol. The van der Waals surface area contributed by atoms with E-state index in [0.717, 1.165) is 0 Å². The van der Waals surface area contributed by atoms with Crippen LogP contribution in [-0.2, 0) is 4.79 Å². The van der Waals surface area contributed by atoms with Crippen LogP contribution < -0.4 is 11.1 Å². The molecule has 1 amide bonds. The second kappa shape index (κ2) is 7.36. The van der Waals surface area contributed by atoms with E-state index in [1.54, 1.807) is 4.57 Å². The van der Waals surface area contributed by atoms with E-state index in [0.29, 0.717) is 23.9 Å². The molecule has 0 unspecified atom stereocenters. The monoisotopic (exact) mass is 309 g/mol. The number of aromatic nitrogens is 3. The third-order valence-electron chi connectivity index (χ3n) is 3.40. The summed E-state index contributed by atoms with van der Waals surface area (Å²) >= 11 is 1.31. The molecule has 0 radical (unpaired) electrons. The molecule has 1 aromatic rings. The number of hydrogen-bond acceptors (Lipinski definition) is 5. The fourth-order valence-electron chi connectivity index (χ4n) is 1.97. The van der Waals surface area contributed by atoms with Crippen molar-refractivity contribution < 1.29 is 4.79 Å². The van der Waals surface area contributed by atoms with Gasteiger partial charge >= 0.3 is 0 Å². The first-order valence-electron chi connectivity index (χ1n) is 7.01. The highest BCUT2D eigenvalue weighted by molar-refractivity contribution is 7.99. The lowest BCUT2D eigenvalue weighted by atomic mass is 9.94. The van der Waals surface area contributed by atoms with E-state index >= 15 is 0 Å². The number of nitrogens with two attached hydrogens (primary N) is 1. The number of hydrogen-bond donors (Lipinski definition) is 2.